The number of anilines is 2. The molecule has 0 spiro atoms. The number of nitrogens with one attached hydrogen (secondary N) is 1. The molecule has 0 aliphatic carbocycles. The third-order valence-electron chi connectivity index (χ3n) is 4.35. The zero-order chi connectivity index (χ0) is 20.9. The summed E-state index contributed by atoms with van der Waals surface area (Å²) in [6, 6.07) is 17.3. The molecule has 30 heavy (non-hydrogen) atoms. The number of aromatic nitrogens is 4. The van der Waals surface area contributed by atoms with Crippen LogP contribution in [0.1, 0.15) is 11.1 Å². The van der Waals surface area contributed by atoms with Crippen LogP contribution in [0.2, 0.25) is 0 Å². The third-order valence-corrected chi connectivity index (χ3v) is 4.76. The van der Waals surface area contributed by atoms with Gasteiger partial charge in [-0.15, -0.1) is 0 Å². The number of hydrogen-bond acceptors (Lipinski definition) is 7. The lowest BCUT2D eigenvalue weighted by Gasteiger charge is -2.11. The van der Waals surface area contributed by atoms with Gasteiger partial charge in [0.05, 0.1) is 28.0 Å². The van der Waals surface area contributed by atoms with Crippen molar-refractivity contribution in [3.63, 3.8) is 0 Å². The number of rotatable bonds is 5. The molecule has 0 aliphatic rings. The molecule has 8 heteroatoms. The van der Waals surface area contributed by atoms with E-state index in [1.807, 2.05) is 36.4 Å². The van der Waals surface area contributed by atoms with Gasteiger partial charge in [-0.2, -0.15) is 5.26 Å². The Bertz CT molecular complexity index is 1230. The highest BCUT2D eigenvalue weighted by atomic mass is 79.9. The summed E-state index contributed by atoms with van der Waals surface area (Å²) in [5, 5.41) is 12.4. The first-order chi connectivity index (χ1) is 14.6. The van der Waals surface area contributed by atoms with Crippen molar-refractivity contribution in [3.05, 3.63) is 82.7 Å². The van der Waals surface area contributed by atoms with Gasteiger partial charge in [0.25, 0.3) is 0 Å². The number of nitrogens with two attached hydrogens (primary N) is 1. The molecule has 0 aliphatic heterocycles. The molecule has 0 saturated carbocycles. The van der Waals surface area contributed by atoms with Gasteiger partial charge < -0.3 is 11.1 Å². The smallest absolute Gasteiger partial charge is 0.169 e. The lowest BCUT2D eigenvalue weighted by atomic mass is 10.1. The molecule has 0 fully saturated rings. The molecule has 2 heterocycles. The second-order valence-electron chi connectivity index (χ2n) is 6.46. The summed E-state index contributed by atoms with van der Waals surface area (Å²) < 4.78 is 0.832. The molecule has 0 radical (unpaired) electrons. The van der Waals surface area contributed by atoms with Crippen molar-refractivity contribution in [2.45, 2.75) is 6.54 Å². The fraction of sp³-hybridized carbons (Fsp3) is 0.0455. The summed E-state index contributed by atoms with van der Waals surface area (Å²) in [4.78, 5) is 17.5. The van der Waals surface area contributed by atoms with Crippen LogP contribution in [0.25, 0.3) is 22.6 Å². The van der Waals surface area contributed by atoms with E-state index in [9.17, 15) is 0 Å². The Labute approximate surface area is 181 Å². The summed E-state index contributed by atoms with van der Waals surface area (Å²) in [7, 11) is 0. The van der Waals surface area contributed by atoms with Crippen LogP contribution in [0.15, 0.2) is 71.6 Å². The Morgan fingerprint density at radius 1 is 0.967 bits per heavy atom. The predicted molar refractivity (Wildman–Crippen MR) is 119 cm³/mol. The largest absolute Gasteiger partial charge is 0.381 e. The number of nitriles is 1. The maximum atomic E-state index is 9.11. The quantitative estimate of drug-likeness (QED) is 0.455. The van der Waals surface area contributed by atoms with E-state index >= 15 is 0 Å². The molecule has 2 aromatic carbocycles. The van der Waals surface area contributed by atoms with Crippen LogP contribution in [0, 0.1) is 11.3 Å². The van der Waals surface area contributed by atoms with E-state index in [-0.39, 0.29) is 0 Å². The van der Waals surface area contributed by atoms with Crippen LogP contribution in [0.3, 0.4) is 0 Å². The molecule has 4 aromatic rings. The molecule has 3 N–H and O–H groups in total. The van der Waals surface area contributed by atoms with Crippen LogP contribution in [0.5, 0.6) is 0 Å². The van der Waals surface area contributed by atoms with E-state index in [1.165, 1.54) is 0 Å². The average molecular weight is 458 g/mol. The first kappa shape index (κ1) is 19.5. The van der Waals surface area contributed by atoms with Gasteiger partial charge in [0, 0.05) is 30.1 Å². The Hall–Kier alpha value is -3.83. The Kier molecular flexibility index (Phi) is 5.63. The highest BCUT2D eigenvalue weighted by molar-refractivity contribution is 9.10. The maximum Gasteiger partial charge on any atom is 0.169 e. The molecule has 0 bridgehead atoms. The summed E-state index contributed by atoms with van der Waals surface area (Å²) >= 11 is 3.35. The molecule has 0 saturated heterocycles. The van der Waals surface area contributed by atoms with Crippen molar-refractivity contribution in [2.24, 2.45) is 0 Å². The van der Waals surface area contributed by atoms with Gasteiger partial charge in [-0.3, -0.25) is 0 Å². The Morgan fingerprint density at radius 2 is 1.73 bits per heavy atom. The van der Waals surface area contributed by atoms with Gasteiger partial charge in [-0.25, -0.2) is 19.9 Å². The Morgan fingerprint density at radius 3 is 2.53 bits per heavy atom. The zero-order valence-corrected chi connectivity index (χ0v) is 17.3. The van der Waals surface area contributed by atoms with Crippen LogP contribution < -0.4 is 11.1 Å². The first-order valence-electron chi connectivity index (χ1n) is 9.06. The molecule has 2 aromatic heterocycles. The summed E-state index contributed by atoms with van der Waals surface area (Å²) in [5.74, 6) is 1.45. The molecule has 0 amide bonds. The van der Waals surface area contributed by atoms with E-state index in [1.54, 1.807) is 30.7 Å². The predicted octanol–water partition coefficient (Wildman–Crippen LogP) is 4.43. The Balaban J connectivity index is 1.54. The number of halogens is 1. The van der Waals surface area contributed by atoms with Crippen LogP contribution >= 0.6 is 15.9 Å². The van der Waals surface area contributed by atoms with Crippen molar-refractivity contribution >= 4 is 27.6 Å². The SMILES string of the molecule is N#Cc1cccc(-c2cnc(N)c(NCc3cccc(-c4ncc(Br)cn4)c3)n2)c1. The summed E-state index contributed by atoms with van der Waals surface area (Å²) in [5.41, 5.74) is 9.96. The lowest BCUT2D eigenvalue weighted by molar-refractivity contribution is 1.09. The first-order valence-corrected chi connectivity index (χ1v) is 9.85. The summed E-state index contributed by atoms with van der Waals surface area (Å²) in [6.45, 7) is 0.505. The highest BCUT2D eigenvalue weighted by Crippen LogP contribution is 2.23. The van der Waals surface area contributed by atoms with E-state index in [4.69, 9.17) is 11.0 Å². The van der Waals surface area contributed by atoms with Crippen LogP contribution in [0.4, 0.5) is 11.6 Å². The van der Waals surface area contributed by atoms with Gasteiger partial charge in [0.15, 0.2) is 17.5 Å². The molecule has 0 atom stereocenters. The van der Waals surface area contributed by atoms with Crippen molar-refractivity contribution < 1.29 is 0 Å². The number of nitrogens with zero attached hydrogens (tertiary/aromatic N) is 5. The molecule has 146 valence electrons. The molecule has 4 rings (SSSR count). The molecular formula is C22H16BrN7. The topological polar surface area (TPSA) is 113 Å². The van der Waals surface area contributed by atoms with Crippen molar-refractivity contribution in [3.8, 4) is 28.7 Å². The number of benzene rings is 2. The normalized spacial score (nSPS) is 10.4. The van der Waals surface area contributed by atoms with Crippen molar-refractivity contribution in [1.29, 1.82) is 5.26 Å². The second kappa shape index (κ2) is 8.68. The van der Waals surface area contributed by atoms with Gasteiger partial charge >= 0.3 is 0 Å². The fourth-order valence-electron chi connectivity index (χ4n) is 2.88. The minimum Gasteiger partial charge on any atom is -0.381 e. The van der Waals surface area contributed by atoms with Gasteiger partial charge in [-0.05, 0) is 39.7 Å². The van der Waals surface area contributed by atoms with Crippen LogP contribution in [-0.2, 0) is 6.54 Å². The standard InChI is InChI=1S/C22H16BrN7/c23-18-11-28-21(29-12-18)17-6-2-4-15(8-17)10-27-22-20(25)26-13-19(30-22)16-5-1-3-14(7-16)9-24/h1-8,11-13H,10H2,(H2,25,26)(H,27,30). The van der Waals surface area contributed by atoms with Gasteiger partial charge in [-0.1, -0.05) is 30.3 Å². The van der Waals surface area contributed by atoms with E-state index in [0.717, 1.165) is 21.2 Å². The molecule has 7 nitrogen and oxygen atoms in total. The zero-order valence-electron chi connectivity index (χ0n) is 15.7. The lowest BCUT2D eigenvalue weighted by Crippen LogP contribution is -2.07. The number of nitrogen functional groups attached to an aromatic ring is 1. The monoisotopic (exact) mass is 457 g/mol. The molecule has 0 unspecified atom stereocenters. The van der Waals surface area contributed by atoms with E-state index in [0.29, 0.717) is 35.3 Å². The fourth-order valence-corrected chi connectivity index (χ4v) is 3.09. The maximum absolute atomic E-state index is 9.11. The second-order valence-corrected chi connectivity index (χ2v) is 7.38. The van der Waals surface area contributed by atoms with Crippen molar-refractivity contribution in [2.75, 3.05) is 11.1 Å². The minimum atomic E-state index is 0.308. The number of hydrogen-bond donors (Lipinski definition) is 2. The summed E-state index contributed by atoms with van der Waals surface area (Å²) in [6.07, 6.45) is 5.04. The highest BCUT2D eigenvalue weighted by Gasteiger charge is 2.08. The van der Waals surface area contributed by atoms with E-state index < -0.39 is 0 Å². The third kappa shape index (κ3) is 4.42. The van der Waals surface area contributed by atoms with Crippen molar-refractivity contribution in [1.82, 2.24) is 19.9 Å². The minimum absolute atomic E-state index is 0.308. The van der Waals surface area contributed by atoms with E-state index in [2.05, 4.69) is 47.3 Å². The van der Waals surface area contributed by atoms with Crippen LogP contribution in [-0.4, -0.2) is 19.9 Å². The molecular weight excluding hydrogens is 442 g/mol. The average Bonchev–Trinajstić information content (AvgIpc) is 2.79. The van der Waals surface area contributed by atoms with Gasteiger partial charge in [0.2, 0.25) is 0 Å². The van der Waals surface area contributed by atoms with Gasteiger partial charge in [0.1, 0.15) is 0 Å².